The zero-order valence-electron chi connectivity index (χ0n) is 9.95. The number of aromatic amines is 1. The topological polar surface area (TPSA) is 50.8 Å². The molecule has 0 spiro atoms. The van der Waals surface area contributed by atoms with E-state index in [1.165, 1.54) is 0 Å². The molecule has 0 fully saturated rings. The molecule has 3 rings (SSSR count). The van der Waals surface area contributed by atoms with Gasteiger partial charge in [-0.2, -0.15) is 4.98 Å². The fraction of sp³-hybridized carbons (Fsp3) is 0.0769. The van der Waals surface area contributed by atoms with Crippen molar-refractivity contribution in [2.24, 2.45) is 0 Å². The summed E-state index contributed by atoms with van der Waals surface area (Å²) in [6.45, 7) is 0. The Morgan fingerprint density at radius 2 is 2.05 bits per heavy atom. The van der Waals surface area contributed by atoms with Crippen LogP contribution in [-0.4, -0.2) is 22.1 Å². The van der Waals surface area contributed by atoms with Crippen molar-refractivity contribution in [1.82, 2.24) is 15.0 Å². The molecule has 2 aromatic heterocycles. The molecule has 0 aliphatic rings. The molecular formula is C13H9BrClN3O. The number of hydrogen-bond acceptors (Lipinski definition) is 3. The maximum atomic E-state index is 6.19. The Morgan fingerprint density at radius 1 is 1.21 bits per heavy atom. The van der Waals surface area contributed by atoms with Gasteiger partial charge in [0.1, 0.15) is 5.82 Å². The van der Waals surface area contributed by atoms with Crippen LogP contribution in [0.4, 0.5) is 0 Å². The molecule has 1 N–H and O–H groups in total. The maximum absolute atomic E-state index is 6.19. The van der Waals surface area contributed by atoms with E-state index < -0.39 is 0 Å². The second kappa shape index (κ2) is 4.83. The molecule has 0 aliphatic carbocycles. The Hall–Kier alpha value is -1.59. The van der Waals surface area contributed by atoms with Crippen LogP contribution in [0.5, 0.6) is 5.88 Å². The number of aromatic nitrogens is 3. The average molecular weight is 339 g/mol. The summed E-state index contributed by atoms with van der Waals surface area (Å²) in [5.41, 5.74) is 2.27. The van der Waals surface area contributed by atoms with Gasteiger partial charge in [-0.05, 0) is 24.3 Å². The Morgan fingerprint density at radius 3 is 2.84 bits per heavy atom. The highest BCUT2D eigenvalue weighted by atomic mass is 79.9. The van der Waals surface area contributed by atoms with E-state index in [0.717, 1.165) is 15.6 Å². The van der Waals surface area contributed by atoms with Gasteiger partial charge in [0.05, 0.1) is 17.6 Å². The number of halogens is 2. The van der Waals surface area contributed by atoms with Crippen LogP contribution in [0.15, 0.2) is 34.8 Å². The van der Waals surface area contributed by atoms with E-state index in [9.17, 15) is 0 Å². The van der Waals surface area contributed by atoms with Crippen molar-refractivity contribution in [2.45, 2.75) is 0 Å². The van der Waals surface area contributed by atoms with Crippen molar-refractivity contribution >= 4 is 38.7 Å². The van der Waals surface area contributed by atoms with E-state index in [4.69, 9.17) is 16.3 Å². The van der Waals surface area contributed by atoms with Crippen LogP contribution in [0.3, 0.4) is 0 Å². The number of nitrogens with zero attached hydrogens (tertiary/aromatic N) is 2. The zero-order chi connectivity index (χ0) is 13.4. The molecule has 0 atom stereocenters. The summed E-state index contributed by atoms with van der Waals surface area (Å²) in [4.78, 5) is 11.9. The molecule has 96 valence electrons. The van der Waals surface area contributed by atoms with E-state index in [1.54, 1.807) is 13.2 Å². The number of methoxy groups -OCH3 is 1. The SMILES string of the molecule is COc1ccc2[nH]c(-c3cc(Br)ccc3Cl)nc2n1. The quantitative estimate of drug-likeness (QED) is 0.767. The van der Waals surface area contributed by atoms with Gasteiger partial charge in [0.15, 0.2) is 5.65 Å². The number of nitrogens with one attached hydrogen (secondary N) is 1. The second-order valence-corrected chi connectivity index (χ2v) is 5.26. The van der Waals surface area contributed by atoms with Crippen molar-refractivity contribution < 1.29 is 4.74 Å². The minimum atomic E-state index is 0.533. The number of benzene rings is 1. The van der Waals surface area contributed by atoms with Gasteiger partial charge in [-0.1, -0.05) is 27.5 Å². The number of pyridine rings is 1. The van der Waals surface area contributed by atoms with Crippen molar-refractivity contribution in [3.8, 4) is 17.3 Å². The lowest BCUT2D eigenvalue weighted by atomic mass is 10.2. The first kappa shape index (κ1) is 12.4. The van der Waals surface area contributed by atoms with E-state index >= 15 is 0 Å². The number of ether oxygens (including phenoxy) is 1. The summed E-state index contributed by atoms with van der Waals surface area (Å²) >= 11 is 9.62. The molecular weight excluding hydrogens is 330 g/mol. The van der Waals surface area contributed by atoms with Crippen LogP contribution in [-0.2, 0) is 0 Å². The van der Waals surface area contributed by atoms with Crippen LogP contribution in [0.25, 0.3) is 22.6 Å². The van der Waals surface area contributed by atoms with Crippen LogP contribution < -0.4 is 4.74 Å². The Balaban J connectivity index is 2.17. The standard InChI is InChI=1S/C13H9BrClN3O/c1-19-11-5-4-10-13(17-11)18-12(16-10)8-6-7(14)2-3-9(8)15/h2-6H,1H3,(H,16,17,18). The fourth-order valence-corrected chi connectivity index (χ4v) is 2.36. The number of hydrogen-bond donors (Lipinski definition) is 1. The fourth-order valence-electron chi connectivity index (χ4n) is 1.80. The molecule has 3 aromatic rings. The first-order valence-electron chi connectivity index (χ1n) is 5.53. The highest BCUT2D eigenvalue weighted by Crippen LogP contribution is 2.30. The number of rotatable bonds is 2. The van der Waals surface area contributed by atoms with Crippen molar-refractivity contribution in [1.29, 1.82) is 0 Å². The van der Waals surface area contributed by atoms with Crippen LogP contribution in [0.1, 0.15) is 0 Å². The molecule has 0 radical (unpaired) electrons. The number of imidazole rings is 1. The summed E-state index contributed by atoms with van der Waals surface area (Å²) in [5, 5.41) is 0.634. The van der Waals surface area contributed by atoms with Gasteiger partial charge >= 0.3 is 0 Å². The summed E-state index contributed by atoms with van der Waals surface area (Å²) in [6, 6.07) is 9.28. The Labute approximate surface area is 122 Å². The molecule has 6 heteroatoms. The Kier molecular flexibility index (Phi) is 3.16. The summed E-state index contributed by atoms with van der Waals surface area (Å²) in [7, 11) is 1.58. The van der Waals surface area contributed by atoms with Gasteiger partial charge in [0.2, 0.25) is 5.88 Å². The molecule has 1 aromatic carbocycles. The smallest absolute Gasteiger partial charge is 0.215 e. The van der Waals surface area contributed by atoms with E-state index in [-0.39, 0.29) is 0 Å². The van der Waals surface area contributed by atoms with Gasteiger partial charge in [0.25, 0.3) is 0 Å². The first-order chi connectivity index (χ1) is 9.17. The molecule has 0 saturated carbocycles. The third-order valence-electron chi connectivity index (χ3n) is 2.71. The zero-order valence-corrected chi connectivity index (χ0v) is 12.3. The molecule has 0 amide bonds. The van der Waals surface area contributed by atoms with Gasteiger partial charge in [-0.25, -0.2) is 4.98 Å². The first-order valence-corrected chi connectivity index (χ1v) is 6.70. The average Bonchev–Trinajstić information content (AvgIpc) is 2.83. The maximum Gasteiger partial charge on any atom is 0.215 e. The number of fused-ring (bicyclic) bond motifs is 1. The molecule has 0 saturated heterocycles. The van der Waals surface area contributed by atoms with Crippen LogP contribution >= 0.6 is 27.5 Å². The summed E-state index contributed by atoms with van der Waals surface area (Å²) in [5.74, 6) is 1.22. The molecule has 2 heterocycles. The summed E-state index contributed by atoms with van der Waals surface area (Å²) in [6.07, 6.45) is 0. The van der Waals surface area contributed by atoms with E-state index in [1.807, 2.05) is 24.3 Å². The molecule has 19 heavy (non-hydrogen) atoms. The Bertz CT molecular complexity index is 757. The molecule has 0 bridgehead atoms. The largest absolute Gasteiger partial charge is 0.481 e. The second-order valence-electron chi connectivity index (χ2n) is 3.93. The predicted molar refractivity (Wildman–Crippen MR) is 78.6 cm³/mol. The monoisotopic (exact) mass is 337 g/mol. The lowest BCUT2D eigenvalue weighted by Gasteiger charge is -2.00. The van der Waals surface area contributed by atoms with Crippen molar-refractivity contribution in [3.05, 3.63) is 39.8 Å². The third-order valence-corrected chi connectivity index (χ3v) is 3.54. The van der Waals surface area contributed by atoms with Gasteiger partial charge in [-0.15, -0.1) is 0 Å². The van der Waals surface area contributed by atoms with E-state index in [2.05, 4.69) is 30.9 Å². The van der Waals surface area contributed by atoms with Crippen molar-refractivity contribution in [2.75, 3.05) is 7.11 Å². The molecule has 0 aliphatic heterocycles. The normalized spacial score (nSPS) is 10.9. The van der Waals surface area contributed by atoms with Crippen molar-refractivity contribution in [3.63, 3.8) is 0 Å². The van der Waals surface area contributed by atoms with Crippen LogP contribution in [0.2, 0.25) is 5.02 Å². The minimum Gasteiger partial charge on any atom is -0.481 e. The molecule has 4 nitrogen and oxygen atoms in total. The van der Waals surface area contributed by atoms with Gasteiger partial charge < -0.3 is 9.72 Å². The number of H-pyrrole nitrogens is 1. The van der Waals surface area contributed by atoms with E-state index in [0.29, 0.717) is 22.4 Å². The lowest BCUT2D eigenvalue weighted by molar-refractivity contribution is 0.399. The third kappa shape index (κ3) is 2.31. The molecule has 0 unspecified atom stereocenters. The highest BCUT2D eigenvalue weighted by Gasteiger charge is 2.10. The lowest BCUT2D eigenvalue weighted by Crippen LogP contribution is -1.86. The van der Waals surface area contributed by atoms with Gasteiger partial charge in [0, 0.05) is 16.1 Å². The summed E-state index contributed by atoms with van der Waals surface area (Å²) < 4.78 is 6.02. The predicted octanol–water partition coefficient (Wildman–Crippen LogP) is 4.05. The van der Waals surface area contributed by atoms with Crippen LogP contribution in [0, 0.1) is 0 Å². The highest BCUT2D eigenvalue weighted by molar-refractivity contribution is 9.10. The minimum absolute atomic E-state index is 0.533. The van der Waals surface area contributed by atoms with Gasteiger partial charge in [-0.3, -0.25) is 0 Å².